The Kier molecular flexibility index (Phi) is 7.25. The standard InChI is InChI=1S/C20H24ClF2N3O/c1-5-6-14-9-18(21)25-24-17(14)11-26(10-12(2)3)20(27)19-13(4)15(22)7-8-16(19)23/h7-9,12H,5-6,10-11H2,1-4H3. The molecule has 0 bridgehead atoms. The molecule has 1 heterocycles. The smallest absolute Gasteiger partial charge is 0.257 e. The predicted octanol–water partition coefficient (Wildman–Crippen LogP) is 4.97. The van der Waals surface area contributed by atoms with Gasteiger partial charge in [0.25, 0.3) is 5.91 Å². The number of hydrogen-bond donors (Lipinski definition) is 0. The Bertz CT molecular complexity index is 827. The number of benzene rings is 1. The Balaban J connectivity index is 2.42. The second-order valence-corrected chi connectivity index (χ2v) is 7.38. The van der Waals surface area contributed by atoms with E-state index >= 15 is 0 Å². The maximum absolute atomic E-state index is 14.3. The minimum Gasteiger partial charge on any atom is -0.332 e. The Morgan fingerprint density at radius 2 is 1.89 bits per heavy atom. The summed E-state index contributed by atoms with van der Waals surface area (Å²) in [5.74, 6) is -1.76. The van der Waals surface area contributed by atoms with Crippen LogP contribution in [0.4, 0.5) is 8.78 Å². The molecule has 27 heavy (non-hydrogen) atoms. The zero-order chi connectivity index (χ0) is 20.1. The molecule has 0 saturated carbocycles. The molecule has 146 valence electrons. The summed E-state index contributed by atoms with van der Waals surface area (Å²) in [4.78, 5) is 14.6. The first-order valence-electron chi connectivity index (χ1n) is 8.99. The van der Waals surface area contributed by atoms with Crippen molar-refractivity contribution in [3.05, 3.63) is 57.4 Å². The van der Waals surface area contributed by atoms with E-state index in [2.05, 4.69) is 10.2 Å². The van der Waals surface area contributed by atoms with E-state index in [1.165, 1.54) is 11.8 Å². The van der Waals surface area contributed by atoms with Crippen LogP contribution in [0.15, 0.2) is 18.2 Å². The van der Waals surface area contributed by atoms with E-state index in [4.69, 9.17) is 11.6 Å². The van der Waals surface area contributed by atoms with Gasteiger partial charge in [0.15, 0.2) is 5.15 Å². The number of carbonyl (C=O) groups is 1. The fraction of sp³-hybridized carbons (Fsp3) is 0.450. The summed E-state index contributed by atoms with van der Waals surface area (Å²) >= 11 is 5.95. The van der Waals surface area contributed by atoms with Gasteiger partial charge < -0.3 is 4.90 Å². The molecule has 0 unspecified atom stereocenters. The van der Waals surface area contributed by atoms with Crippen LogP contribution >= 0.6 is 11.6 Å². The topological polar surface area (TPSA) is 46.1 Å². The van der Waals surface area contributed by atoms with Gasteiger partial charge in [0.05, 0.1) is 17.8 Å². The highest BCUT2D eigenvalue weighted by molar-refractivity contribution is 6.29. The highest BCUT2D eigenvalue weighted by atomic mass is 35.5. The number of amides is 1. The summed E-state index contributed by atoms with van der Waals surface area (Å²) in [7, 11) is 0. The zero-order valence-electron chi connectivity index (χ0n) is 16.0. The molecular weight excluding hydrogens is 372 g/mol. The molecule has 0 aliphatic rings. The van der Waals surface area contributed by atoms with Crippen LogP contribution in [0.25, 0.3) is 0 Å². The van der Waals surface area contributed by atoms with Crippen LogP contribution in [0, 0.1) is 24.5 Å². The summed E-state index contributed by atoms with van der Waals surface area (Å²) in [5.41, 5.74) is 1.28. The van der Waals surface area contributed by atoms with Crippen molar-refractivity contribution in [2.45, 2.75) is 47.1 Å². The van der Waals surface area contributed by atoms with Crippen molar-refractivity contribution in [2.24, 2.45) is 5.92 Å². The van der Waals surface area contributed by atoms with Gasteiger partial charge in [-0.1, -0.05) is 38.8 Å². The molecule has 1 aromatic heterocycles. The number of halogens is 3. The Hall–Kier alpha value is -2.08. The van der Waals surface area contributed by atoms with E-state index in [0.29, 0.717) is 12.2 Å². The Labute approximate surface area is 163 Å². The zero-order valence-corrected chi connectivity index (χ0v) is 16.8. The molecule has 0 aliphatic heterocycles. The van der Waals surface area contributed by atoms with Gasteiger partial charge in [0.2, 0.25) is 0 Å². The van der Waals surface area contributed by atoms with Gasteiger partial charge in [0.1, 0.15) is 11.6 Å². The van der Waals surface area contributed by atoms with Crippen LogP contribution in [0.3, 0.4) is 0 Å². The monoisotopic (exact) mass is 395 g/mol. The second kappa shape index (κ2) is 9.22. The molecule has 0 spiro atoms. The van der Waals surface area contributed by atoms with Gasteiger partial charge in [-0.05, 0) is 43.0 Å². The highest BCUT2D eigenvalue weighted by Crippen LogP contribution is 2.22. The molecule has 1 aromatic carbocycles. The molecule has 4 nitrogen and oxygen atoms in total. The van der Waals surface area contributed by atoms with Crippen molar-refractivity contribution in [3.8, 4) is 0 Å². The van der Waals surface area contributed by atoms with Crippen molar-refractivity contribution in [3.63, 3.8) is 0 Å². The molecule has 0 saturated heterocycles. The lowest BCUT2D eigenvalue weighted by Crippen LogP contribution is -2.35. The Morgan fingerprint density at radius 1 is 1.22 bits per heavy atom. The lowest BCUT2D eigenvalue weighted by Gasteiger charge is -2.26. The summed E-state index contributed by atoms with van der Waals surface area (Å²) in [6, 6.07) is 3.74. The van der Waals surface area contributed by atoms with Crippen LogP contribution in [-0.2, 0) is 13.0 Å². The minimum atomic E-state index is -0.733. The fourth-order valence-corrected chi connectivity index (χ4v) is 3.13. The number of carbonyl (C=O) groups excluding carboxylic acids is 1. The average molecular weight is 396 g/mol. The van der Waals surface area contributed by atoms with E-state index in [0.717, 1.165) is 30.5 Å². The number of hydrogen-bond acceptors (Lipinski definition) is 3. The van der Waals surface area contributed by atoms with E-state index in [-0.39, 0.29) is 28.7 Å². The summed E-state index contributed by atoms with van der Waals surface area (Å²) < 4.78 is 28.2. The molecule has 2 rings (SSSR count). The van der Waals surface area contributed by atoms with Gasteiger partial charge in [-0.15, -0.1) is 5.10 Å². The normalized spacial score (nSPS) is 11.1. The first kappa shape index (κ1) is 21.2. The molecular formula is C20H24ClF2N3O. The van der Waals surface area contributed by atoms with Crippen LogP contribution < -0.4 is 0 Å². The number of nitrogens with zero attached hydrogens (tertiary/aromatic N) is 3. The summed E-state index contributed by atoms with van der Waals surface area (Å²) in [6.07, 6.45) is 1.62. The minimum absolute atomic E-state index is 0.00438. The van der Waals surface area contributed by atoms with Gasteiger partial charge in [-0.25, -0.2) is 8.78 Å². The second-order valence-electron chi connectivity index (χ2n) is 7.00. The van der Waals surface area contributed by atoms with Crippen LogP contribution in [0.2, 0.25) is 5.15 Å². The van der Waals surface area contributed by atoms with E-state index in [1.807, 2.05) is 20.8 Å². The number of rotatable bonds is 7. The van der Waals surface area contributed by atoms with E-state index in [1.54, 1.807) is 6.07 Å². The lowest BCUT2D eigenvalue weighted by atomic mass is 10.0. The quantitative estimate of drug-likeness (QED) is 0.665. The van der Waals surface area contributed by atoms with E-state index < -0.39 is 17.5 Å². The molecule has 2 aromatic rings. The summed E-state index contributed by atoms with van der Waals surface area (Å²) in [6.45, 7) is 7.88. The predicted molar refractivity (Wildman–Crippen MR) is 102 cm³/mol. The highest BCUT2D eigenvalue weighted by Gasteiger charge is 2.25. The van der Waals surface area contributed by atoms with Crippen molar-refractivity contribution in [1.29, 1.82) is 0 Å². The van der Waals surface area contributed by atoms with Crippen LogP contribution in [0.5, 0.6) is 0 Å². The average Bonchev–Trinajstić information content (AvgIpc) is 2.60. The van der Waals surface area contributed by atoms with Crippen molar-refractivity contribution >= 4 is 17.5 Å². The Morgan fingerprint density at radius 3 is 2.52 bits per heavy atom. The largest absolute Gasteiger partial charge is 0.332 e. The third-order valence-corrected chi connectivity index (χ3v) is 4.41. The van der Waals surface area contributed by atoms with Crippen molar-refractivity contribution < 1.29 is 13.6 Å². The molecule has 1 amide bonds. The maximum atomic E-state index is 14.3. The lowest BCUT2D eigenvalue weighted by molar-refractivity contribution is 0.0713. The maximum Gasteiger partial charge on any atom is 0.257 e. The SMILES string of the molecule is CCCc1cc(Cl)nnc1CN(CC(C)C)C(=O)c1c(F)ccc(F)c1C. The van der Waals surface area contributed by atoms with Gasteiger partial charge in [0, 0.05) is 12.1 Å². The van der Waals surface area contributed by atoms with Crippen molar-refractivity contribution in [1.82, 2.24) is 15.1 Å². The van der Waals surface area contributed by atoms with Gasteiger partial charge >= 0.3 is 0 Å². The van der Waals surface area contributed by atoms with Gasteiger partial charge in [-0.2, -0.15) is 5.10 Å². The molecule has 0 aliphatic carbocycles. The summed E-state index contributed by atoms with van der Waals surface area (Å²) in [5, 5.41) is 8.31. The molecule has 7 heteroatoms. The van der Waals surface area contributed by atoms with Crippen LogP contribution in [-0.4, -0.2) is 27.5 Å². The van der Waals surface area contributed by atoms with Crippen LogP contribution in [0.1, 0.15) is 54.4 Å². The molecule has 0 fully saturated rings. The van der Waals surface area contributed by atoms with E-state index in [9.17, 15) is 13.6 Å². The number of aromatic nitrogens is 2. The number of aryl methyl sites for hydroxylation is 1. The van der Waals surface area contributed by atoms with Crippen molar-refractivity contribution in [2.75, 3.05) is 6.54 Å². The molecule has 0 atom stereocenters. The third-order valence-electron chi connectivity index (χ3n) is 4.22. The third kappa shape index (κ3) is 5.22. The fourth-order valence-electron chi connectivity index (χ4n) is 2.96. The van der Waals surface area contributed by atoms with Gasteiger partial charge in [-0.3, -0.25) is 4.79 Å². The first-order valence-corrected chi connectivity index (χ1v) is 9.37. The first-order chi connectivity index (χ1) is 12.7. The molecule has 0 radical (unpaired) electrons. The molecule has 0 N–H and O–H groups in total.